The summed E-state index contributed by atoms with van der Waals surface area (Å²) in [5.74, 6) is 1.67. The maximum atomic E-state index is 13.4. The van der Waals surface area contributed by atoms with Gasteiger partial charge in [-0.2, -0.15) is 0 Å². The van der Waals surface area contributed by atoms with Gasteiger partial charge in [0.1, 0.15) is 30.3 Å². The Balaban J connectivity index is 1.98. The molecule has 9 heteroatoms. The molecule has 154 valence electrons. The third-order valence-corrected chi connectivity index (χ3v) is 4.28. The van der Waals surface area contributed by atoms with Crippen LogP contribution in [0, 0.1) is 18.2 Å². The molecule has 0 spiro atoms. The fourth-order valence-corrected chi connectivity index (χ4v) is 2.81. The number of fused-ring (bicyclic) bond motifs is 1. The van der Waals surface area contributed by atoms with Crippen LogP contribution in [0.4, 0.5) is 21.6 Å². The molecule has 3 aromatic rings. The molecule has 0 aliphatic rings. The molecule has 2 N–H and O–H groups in total. The number of hydrogen-bond acceptors (Lipinski definition) is 6. The molecule has 0 unspecified atom stereocenters. The quantitative estimate of drug-likeness (QED) is 0.414. The number of rotatable bonds is 8. The topological polar surface area (TPSA) is 85.4 Å². The van der Waals surface area contributed by atoms with Gasteiger partial charge in [-0.1, -0.05) is 11.6 Å². The standard InChI is InChI=1S/C21H18ClFN4O3/c1-3-20(28)27-18-10-14-17(11-19(18)30-8-7-29-4-2)24-12-25-21(14)26-13-5-6-16(23)15(22)9-13/h1,5-6,9-12H,4,7-8H2,2H3,(H,27,28)(H,24,25,26). The Morgan fingerprint density at radius 3 is 2.83 bits per heavy atom. The van der Waals surface area contributed by atoms with Crippen LogP contribution in [-0.2, 0) is 9.53 Å². The van der Waals surface area contributed by atoms with E-state index in [-0.39, 0.29) is 11.6 Å². The van der Waals surface area contributed by atoms with Gasteiger partial charge in [-0.3, -0.25) is 4.79 Å². The van der Waals surface area contributed by atoms with E-state index in [1.54, 1.807) is 12.1 Å². The zero-order valence-corrected chi connectivity index (χ0v) is 16.8. The van der Waals surface area contributed by atoms with E-state index in [0.29, 0.717) is 47.1 Å². The lowest BCUT2D eigenvalue weighted by atomic mass is 10.1. The first-order valence-electron chi connectivity index (χ1n) is 9.00. The minimum absolute atomic E-state index is 0.0229. The first kappa shape index (κ1) is 21.3. The second-order valence-corrected chi connectivity index (χ2v) is 6.39. The van der Waals surface area contributed by atoms with Crippen LogP contribution >= 0.6 is 11.6 Å². The van der Waals surface area contributed by atoms with Crippen LogP contribution in [0.2, 0.25) is 5.02 Å². The Labute approximate surface area is 177 Å². The summed E-state index contributed by atoms with van der Waals surface area (Å²) in [6.45, 7) is 3.12. The maximum Gasteiger partial charge on any atom is 0.300 e. The normalized spacial score (nSPS) is 10.5. The van der Waals surface area contributed by atoms with Crippen LogP contribution in [0.25, 0.3) is 10.9 Å². The molecule has 1 heterocycles. The van der Waals surface area contributed by atoms with Gasteiger partial charge in [-0.15, -0.1) is 6.42 Å². The summed E-state index contributed by atoms with van der Waals surface area (Å²) in [4.78, 5) is 20.3. The molecule has 0 saturated carbocycles. The molecule has 0 aliphatic heterocycles. The Bertz CT molecular complexity index is 1120. The van der Waals surface area contributed by atoms with E-state index in [1.165, 1.54) is 24.5 Å². The molecule has 0 atom stereocenters. The summed E-state index contributed by atoms with van der Waals surface area (Å²) in [6, 6.07) is 7.53. The molecule has 0 bridgehead atoms. The molecule has 0 saturated heterocycles. The van der Waals surface area contributed by atoms with Crippen molar-refractivity contribution in [3.8, 4) is 18.1 Å². The Morgan fingerprint density at radius 2 is 2.10 bits per heavy atom. The molecule has 2 aromatic carbocycles. The van der Waals surface area contributed by atoms with Crippen molar-refractivity contribution in [2.45, 2.75) is 6.92 Å². The van der Waals surface area contributed by atoms with Gasteiger partial charge in [0.05, 0.1) is 22.8 Å². The van der Waals surface area contributed by atoms with Crippen molar-refractivity contribution in [3.63, 3.8) is 0 Å². The van der Waals surface area contributed by atoms with Gasteiger partial charge in [0, 0.05) is 23.7 Å². The number of halogens is 2. The molecule has 7 nitrogen and oxygen atoms in total. The van der Waals surface area contributed by atoms with E-state index >= 15 is 0 Å². The summed E-state index contributed by atoms with van der Waals surface area (Å²) in [5.41, 5.74) is 1.45. The average Bonchev–Trinajstić information content (AvgIpc) is 2.74. The monoisotopic (exact) mass is 428 g/mol. The fraction of sp³-hybridized carbons (Fsp3) is 0.190. The number of hydrogen-bond donors (Lipinski definition) is 2. The number of nitrogens with one attached hydrogen (secondary N) is 2. The molecular formula is C21H18ClFN4O3. The smallest absolute Gasteiger partial charge is 0.300 e. The van der Waals surface area contributed by atoms with Gasteiger partial charge in [-0.25, -0.2) is 14.4 Å². The third kappa shape index (κ3) is 5.14. The van der Waals surface area contributed by atoms with Crippen LogP contribution in [0.15, 0.2) is 36.7 Å². The van der Waals surface area contributed by atoms with Crippen LogP contribution < -0.4 is 15.4 Å². The Kier molecular flexibility index (Phi) is 7.01. The van der Waals surface area contributed by atoms with Crippen molar-refractivity contribution in [1.82, 2.24) is 9.97 Å². The minimum Gasteiger partial charge on any atom is -0.489 e. The maximum absolute atomic E-state index is 13.4. The number of benzene rings is 2. The second kappa shape index (κ2) is 9.87. The van der Waals surface area contributed by atoms with Crippen LogP contribution in [0.5, 0.6) is 5.75 Å². The summed E-state index contributed by atoms with van der Waals surface area (Å²) in [5, 5.41) is 6.24. The van der Waals surface area contributed by atoms with E-state index in [1.807, 2.05) is 12.8 Å². The highest BCUT2D eigenvalue weighted by molar-refractivity contribution is 6.31. The molecule has 30 heavy (non-hydrogen) atoms. The van der Waals surface area contributed by atoms with Crippen molar-refractivity contribution in [2.75, 3.05) is 30.5 Å². The zero-order valence-electron chi connectivity index (χ0n) is 16.0. The number of nitrogens with zero attached hydrogens (tertiary/aromatic N) is 2. The minimum atomic E-state index is -0.624. The largest absolute Gasteiger partial charge is 0.489 e. The number of terminal acetylenes is 1. The molecule has 0 fully saturated rings. The van der Waals surface area contributed by atoms with Gasteiger partial charge >= 0.3 is 0 Å². The highest BCUT2D eigenvalue weighted by Crippen LogP contribution is 2.33. The van der Waals surface area contributed by atoms with Crippen molar-refractivity contribution >= 4 is 45.6 Å². The molecule has 1 amide bonds. The highest BCUT2D eigenvalue weighted by atomic mass is 35.5. The molecule has 0 aliphatic carbocycles. The van der Waals surface area contributed by atoms with E-state index < -0.39 is 11.7 Å². The van der Waals surface area contributed by atoms with E-state index in [0.717, 1.165) is 0 Å². The number of ether oxygens (including phenoxy) is 2. The van der Waals surface area contributed by atoms with Gasteiger partial charge in [0.15, 0.2) is 0 Å². The van der Waals surface area contributed by atoms with Crippen LogP contribution in [0.1, 0.15) is 6.92 Å². The molecule has 1 aromatic heterocycles. The van der Waals surface area contributed by atoms with Crippen molar-refractivity contribution in [1.29, 1.82) is 0 Å². The lowest BCUT2D eigenvalue weighted by Crippen LogP contribution is -2.12. The number of aromatic nitrogens is 2. The number of carbonyl (C=O) groups is 1. The number of carbonyl (C=O) groups excluding carboxylic acids is 1. The molecule has 3 rings (SSSR count). The van der Waals surface area contributed by atoms with E-state index in [9.17, 15) is 9.18 Å². The van der Waals surface area contributed by atoms with E-state index in [2.05, 4.69) is 20.6 Å². The fourth-order valence-electron chi connectivity index (χ4n) is 2.62. The van der Waals surface area contributed by atoms with Gasteiger partial charge in [-0.05, 0) is 37.1 Å². The van der Waals surface area contributed by atoms with Gasteiger partial charge < -0.3 is 20.1 Å². The van der Waals surface area contributed by atoms with Crippen molar-refractivity contribution < 1.29 is 18.7 Å². The predicted octanol–water partition coefficient (Wildman–Crippen LogP) is 4.15. The third-order valence-electron chi connectivity index (χ3n) is 3.99. The first-order valence-corrected chi connectivity index (χ1v) is 9.38. The SMILES string of the molecule is C#CC(=O)Nc1cc2c(Nc3ccc(F)c(Cl)c3)ncnc2cc1OCCOCC. The predicted molar refractivity (Wildman–Crippen MR) is 114 cm³/mol. The lowest BCUT2D eigenvalue weighted by Gasteiger charge is -2.15. The molecule has 0 radical (unpaired) electrons. The average molecular weight is 429 g/mol. The van der Waals surface area contributed by atoms with Crippen molar-refractivity contribution in [3.05, 3.63) is 47.5 Å². The Morgan fingerprint density at radius 1 is 1.27 bits per heavy atom. The van der Waals surface area contributed by atoms with Crippen LogP contribution in [0.3, 0.4) is 0 Å². The highest BCUT2D eigenvalue weighted by Gasteiger charge is 2.13. The molecular weight excluding hydrogens is 411 g/mol. The van der Waals surface area contributed by atoms with Gasteiger partial charge in [0.2, 0.25) is 0 Å². The summed E-state index contributed by atoms with van der Waals surface area (Å²) < 4.78 is 24.4. The second-order valence-electron chi connectivity index (χ2n) is 5.99. The number of amides is 1. The zero-order chi connectivity index (χ0) is 21.5. The summed E-state index contributed by atoms with van der Waals surface area (Å²) in [7, 11) is 0. The lowest BCUT2D eigenvalue weighted by molar-refractivity contribution is -0.111. The summed E-state index contributed by atoms with van der Waals surface area (Å²) >= 11 is 5.85. The van der Waals surface area contributed by atoms with Crippen LogP contribution in [-0.4, -0.2) is 35.7 Å². The summed E-state index contributed by atoms with van der Waals surface area (Å²) in [6.07, 6.45) is 6.55. The Hall–Kier alpha value is -3.41. The first-order chi connectivity index (χ1) is 14.5. The van der Waals surface area contributed by atoms with Gasteiger partial charge in [0.25, 0.3) is 5.91 Å². The van der Waals surface area contributed by atoms with Crippen molar-refractivity contribution in [2.24, 2.45) is 0 Å². The number of anilines is 3. The van der Waals surface area contributed by atoms with E-state index in [4.69, 9.17) is 27.5 Å².